The average molecular weight is 339 g/mol. The van der Waals surface area contributed by atoms with Gasteiger partial charge in [-0.1, -0.05) is 13.0 Å². The summed E-state index contributed by atoms with van der Waals surface area (Å²) in [5, 5.41) is 0. The average Bonchev–Trinajstić information content (AvgIpc) is 3.22. The number of Topliss-reactive ketones (excluding diaryl/α,β-unsaturated/α-hetero) is 1. The molecule has 0 spiro atoms. The predicted molar refractivity (Wildman–Crippen MR) is 97.3 cm³/mol. The maximum Gasteiger partial charge on any atom is 0.309 e. The fourth-order valence-electron chi connectivity index (χ4n) is 3.28. The Morgan fingerprint density at radius 1 is 1.12 bits per heavy atom. The molecule has 0 bridgehead atoms. The summed E-state index contributed by atoms with van der Waals surface area (Å²) >= 11 is 0. The highest BCUT2D eigenvalue weighted by Crippen LogP contribution is 2.38. The van der Waals surface area contributed by atoms with Crippen LogP contribution in [0.5, 0.6) is 0 Å². The Hall–Kier alpha value is -2.36. The highest BCUT2D eigenvalue weighted by Gasteiger charge is 2.40. The van der Waals surface area contributed by atoms with Crippen LogP contribution in [0.4, 0.5) is 0 Å². The van der Waals surface area contributed by atoms with Crippen molar-refractivity contribution in [1.82, 2.24) is 4.57 Å². The van der Waals surface area contributed by atoms with Crippen molar-refractivity contribution in [3.05, 3.63) is 52.3 Å². The monoisotopic (exact) mass is 339 g/mol. The van der Waals surface area contributed by atoms with Crippen molar-refractivity contribution >= 4 is 11.8 Å². The topological polar surface area (TPSA) is 48.3 Å². The predicted octanol–water partition coefficient (Wildman–Crippen LogP) is 4.09. The molecule has 2 atom stereocenters. The Bertz CT molecular complexity index is 847. The van der Waals surface area contributed by atoms with E-state index in [0.29, 0.717) is 11.5 Å². The van der Waals surface area contributed by atoms with E-state index in [-0.39, 0.29) is 24.3 Å². The van der Waals surface area contributed by atoms with E-state index in [0.717, 1.165) is 23.5 Å². The van der Waals surface area contributed by atoms with Gasteiger partial charge in [-0.15, -0.1) is 0 Å². The third-order valence-corrected chi connectivity index (χ3v) is 5.24. The summed E-state index contributed by atoms with van der Waals surface area (Å²) in [6.07, 6.45) is 0.869. The molecule has 3 rings (SSSR count). The molecule has 0 aliphatic heterocycles. The number of nitrogens with zero attached hydrogens (tertiary/aromatic N) is 1. The van der Waals surface area contributed by atoms with Crippen LogP contribution in [0, 0.1) is 39.5 Å². The molecule has 1 aromatic heterocycles. The third-order valence-electron chi connectivity index (χ3n) is 5.24. The van der Waals surface area contributed by atoms with E-state index in [1.807, 2.05) is 26.8 Å². The number of esters is 1. The van der Waals surface area contributed by atoms with Crippen LogP contribution in [-0.2, 0) is 9.53 Å². The van der Waals surface area contributed by atoms with Gasteiger partial charge in [0.25, 0.3) is 0 Å². The molecular formula is C21H25NO3. The first-order valence-corrected chi connectivity index (χ1v) is 8.76. The summed E-state index contributed by atoms with van der Waals surface area (Å²) in [4.78, 5) is 24.3. The Labute approximate surface area is 148 Å². The maximum atomic E-state index is 12.5. The zero-order valence-electron chi connectivity index (χ0n) is 15.6. The van der Waals surface area contributed by atoms with E-state index >= 15 is 0 Å². The summed E-state index contributed by atoms with van der Waals surface area (Å²) in [6.45, 7) is 9.91. The number of hydrogen-bond donors (Lipinski definition) is 0. The fraction of sp³-hybridized carbons (Fsp3) is 0.429. The van der Waals surface area contributed by atoms with E-state index < -0.39 is 0 Å². The minimum absolute atomic E-state index is 0.0178. The summed E-state index contributed by atoms with van der Waals surface area (Å²) in [5.41, 5.74) is 5.98. The highest BCUT2D eigenvalue weighted by molar-refractivity contribution is 5.99. The number of rotatable bonds is 5. The SMILES string of the molecule is Cc1ccc(-n2c(C)cc(C(=O)COC(=O)C3CC3C)c2C)cc1C. The number of aromatic nitrogens is 1. The molecule has 2 aromatic rings. The molecule has 0 saturated heterocycles. The smallest absolute Gasteiger partial charge is 0.309 e. The maximum absolute atomic E-state index is 12.5. The molecule has 1 heterocycles. The van der Waals surface area contributed by atoms with E-state index in [1.165, 1.54) is 11.1 Å². The molecule has 1 aliphatic carbocycles. The summed E-state index contributed by atoms with van der Waals surface area (Å²) < 4.78 is 7.27. The van der Waals surface area contributed by atoms with Crippen molar-refractivity contribution in [2.24, 2.45) is 11.8 Å². The number of benzene rings is 1. The van der Waals surface area contributed by atoms with Crippen LogP contribution >= 0.6 is 0 Å². The Morgan fingerprint density at radius 2 is 1.80 bits per heavy atom. The molecule has 4 heteroatoms. The quantitative estimate of drug-likeness (QED) is 0.609. The normalized spacial score (nSPS) is 18.9. The third kappa shape index (κ3) is 3.39. The molecule has 1 aliphatic rings. The summed E-state index contributed by atoms with van der Waals surface area (Å²) in [5.74, 6) is -0.0261. The molecule has 132 valence electrons. The van der Waals surface area contributed by atoms with Crippen LogP contribution < -0.4 is 0 Å². The van der Waals surface area contributed by atoms with Gasteiger partial charge in [-0.25, -0.2) is 0 Å². The van der Waals surface area contributed by atoms with E-state index in [9.17, 15) is 9.59 Å². The second kappa shape index (κ2) is 6.51. The Kier molecular flexibility index (Phi) is 4.55. The number of ether oxygens (including phenoxy) is 1. The molecule has 4 nitrogen and oxygen atoms in total. The summed E-state index contributed by atoms with van der Waals surface area (Å²) in [7, 11) is 0. The molecular weight excluding hydrogens is 314 g/mol. The van der Waals surface area contributed by atoms with Gasteiger partial charge in [-0.2, -0.15) is 0 Å². The van der Waals surface area contributed by atoms with Gasteiger partial charge in [-0.3, -0.25) is 9.59 Å². The lowest BCUT2D eigenvalue weighted by Crippen LogP contribution is -2.16. The van der Waals surface area contributed by atoms with Crippen molar-refractivity contribution in [3.63, 3.8) is 0 Å². The zero-order valence-corrected chi connectivity index (χ0v) is 15.6. The van der Waals surface area contributed by atoms with Crippen LogP contribution in [0.25, 0.3) is 5.69 Å². The molecule has 0 amide bonds. The number of carbonyl (C=O) groups is 2. The molecule has 25 heavy (non-hydrogen) atoms. The van der Waals surface area contributed by atoms with Crippen molar-refractivity contribution in [2.75, 3.05) is 6.61 Å². The van der Waals surface area contributed by atoms with Crippen LogP contribution in [0.3, 0.4) is 0 Å². The van der Waals surface area contributed by atoms with Gasteiger partial charge in [0, 0.05) is 22.6 Å². The van der Waals surface area contributed by atoms with Crippen molar-refractivity contribution < 1.29 is 14.3 Å². The van der Waals surface area contributed by atoms with Crippen LogP contribution in [0.1, 0.15) is 46.2 Å². The lowest BCUT2D eigenvalue weighted by Gasteiger charge is -2.12. The first-order chi connectivity index (χ1) is 11.8. The standard InChI is InChI=1S/C21H25NO3/c1-12-6-7-17(8-13(12)2)22-15(4)10-19(16(22)5)20(23)11-25-21(24)18-9-14(18)3/h6-8,10,14,18H,9,11H2,1-5H3. The Balaban J connectivity index is 1.80. The zero-order chi connectivity index (χ0) is 18.3. The molecule has 0 radical (unpaired) electrons. The van der Waals surface area contributed by atoms with Crippen LogP contribution in [-0.4, -0.2) is 22.9 Å². The van der Waals surface area contributed by atoms with E-state index in [1.54, 1.807) is 0 Å². The highest BCUT2D eigenvalue weighted by atomic mass is 16.5. The summed E-state index contributed by atoms with van der Waals surface area (Å²) in [6, 6.07) is 8.15. The first-order valence-electron chi connectivity index (χ1n) is 8.76. The number of carbonyl (C=O) groups excluding carboxylic acids is 2. The van der Waals surface area contributed by atoms with Gasteiger partial charge >= 0.3 is 5.97 Å². The fourth-order valence-corrected chi connectivity index (χ4v) is 3.28. The second-order valence-electron chi connectivity index (χ2n) is 7.24. The van der Waals surface area contributed by atoms with Crippen molar-refractivity contribution in [2.45, 2.75) is 41.0 Å². The van der Waals surface area contributed by atoms with E-state index in [4.69, 9.17) is 4.74 Å². The van der Waals surface area contributed by atoms with Gasteiger partial charge < -0.3 is 9.30 Å². The van der Waals surface area contributed by atoms with Gasteiger partial charge in [0.05, 0.1) is 5.92 Å². The van der Waals surface area contributed by atoms with Gasteiger partial charge in [0.1, 0.15) is 0 Å². The van der Waals surface area contributed by atoms with Gasteiger partial charge in [0.15, 0.2) is 6.61 Å². The minimum Gasteiger partial charge on any atom is -0.457 e. The molecule has 1 fully saturated rings. The van der Waals surface area contributed by atoms with Gasteiger partial charge in [-0.05, 0) is 69.4 Å². The Morgan fingerprint density at radius 3 is 2.40 bits per heavy atom. The van der Waals surface area contributed by atoms with Crippen molar-refractivity contribution in [1.29, 1.82) is 0 Å². The second-order valence-corrected chi connectivity index (χ2v) is 7.24. The molecule has 0 N–H and O–H groups in total. The molecule has 2 unspecified atom stereocenters. The van der Waals surface area contributed by atoms with Gasteiger partial charge in [0.2, 0.25) is 5.78 Å². The first kappa shape index (κ1) is 17.5. The number of hydrogen-bond acceptors (Lipinski definition) is 3. The van der Waals surface area contributed by atoms with Crippen molar-refractivity contribution in [3.8, 4) is 5.69 Å². The molecule has 1 aromatic carbocycles. The minimum atomic E-state index is -0.246. The van der Waals surface area contributed by atoms with Crippen LogP contribution in [0.15, 0.2) is 24.3 Å². The van der Waals surface area contributed by atoms with E-state index in [2.05, 4.69) is 36.6 Å². The lowest BCUT2D eigenvalue weighted by molar-refractivity contribution is -0.144. The number of aryl methyl sites for hydroxylation is 3. The molecule has 1 saturated carbocycles. The number of ketones is 1. The van der Waals surface area contributed by atoms with Crippen LogP contribution in [0.2, 0.25) is 0 Å². The largest absolute Gasteiger partial charge is 0.457 e. The lowest BCUT2D eigenvalue weighted by atomic mass is 10.1.